The third-order valence-corrected chi connectivity index (χ3v) is 4.47. The van der Waals surface area contributed by atoms with Crippen LogP contribution in [0.4, 0.5) is 5.95 Å². The number of H-pyrrole nitrogens is 1. The Bertz CT molecular complexity index is 623. The summed E-state index contributed by atoms with van der Waals surface area (Å²) in [5.41, 5.74) is 7.97. The fourth-order valence-corrected chi connectivity index (χ4v) is 3.27. The van der Waals surface area contributed by atoms with Gasteiger partial charge in [0, 0.05) is 31.1 Å². The molecule has 2 aromatic rings. The maximum Gasteiger partial charge on any atom is 0.220 e. The van der Waals surface area contributed by atoms with Crippen LogP contribution in [-0.2, 0) is 13.0 Å². The topological polar surface area (TPSA) is 83.7 Å². The number of nitrogens with two attached hydrogens (primary N) is 1. The number of unbranched alkanes of at least 4 members (excludes halogenated alkanes) is 1. The van der Waals surface area contributed by atoms with Crippen LogP contribution in [0.2, 0.25) is 0 Å². The van der Waals surface area contributed by atoms with Gasteiger partial charge in [0.05, 0.1) is 11.7 Å². The van der Waals surface area contributed by atoms with Crippen molar-refractivity contribution in [3.63, 3.8) is 0 Å². The van der Waals surface area contributed by atoms with Crippen LogP contribution in [0.3, 0.4) is 0 Å². The van der Waals surface area contributed by atoms with E-state index in [4.69, 9.17) is 5.73 Å². The van der Waals surface area contributed by atoms with Crippen LogP contribution in [0.25, 0.3) is 0 Å². The number of likely N-dealkylation sites (tertiary alicyclic amines) is 1. The van der Waals surface area contributed by atoms with E-state index in [1.165, 1.54) is 31.4 Å². The second-order valence-corrected chi connectivity index (χ2v) is 6.28. The van der Waals surface area contributed by atoms with Crippen molar-refractivity contribution in [1.29, 1.82) is 0 Å². The zero-order valence-electron chi connectivity index (χ0n) is 13.8. The highest BCUT2D eigenvalue weighted by Gasteiger charge is 2.25. The van der Waals surface area contributed by atoms with E-state index in [-0.39, 0.29) is 0 Å². The molecule has 3 heterocycles. The Balaban J connectivity index is 1.70. The van der Waals surface area contributed by atoms with Gasteiger partial charge in [-0.15, -0.1) is 0 Å². The summed E-state index contributed by atoms with van der Waals surface area (Å²) in [5.74, 6) is 1.46. The first-order chi connectivity index (χ1) is 11.3. The molecule has 6 nitrogen and oxygen atoms in total. The van der Waals surface area contributed by atoms with Crippen molar-refractivity contribution in [2.45, 2.75) is 58.0 Å². The highest BCUT2D eigenvalue weighted by atomic mass is 15.2. The summed E-state index contributed by atoms with van der Waals surface area (Å²) in [6.07, 6.45) is 10.7. The summed E-state index contributed by atoms with van der Waals surface area (Å²) in [5, 5.41) is 0. The van der Waals surface area contributed by atoms with E-state index in [0.29, 0.717) is 12.0 Å². The van der Waals surface area contributed by atoms with Crippen LogP contribution in [-0.4, -0.2) is 31.4 Å². The van der Waals surface area contributed by atoms with Gasteiger partial charge in [0.15, 0.2) is 0 Å². The lowest BCUT2D eigenvalue weighted by atomic mass is 9.99. The number of piperidine rings is 1. The first-order valence-electron chi connectivity index (χ1n) is 8.61. The normalized spacial score (nSPS) is 19.1. The van der Waals surface area contributed by atoms with E-state index in [0.717, 1.165) is 37.4 Å². The van der Waals surface area contributed by atoms with Gasteiger partial charge in [0.25, 0.3) is 0 Å². The van der Waals surface area contributed by atoms with Gasteiger partial charge in [0.1, 0.15) is 5.82 Å². The molecule has 1 saturated heterocycles. The highest BCUT2D eigenvalue weighted by Crippen LogP contribution is 2.30. The van der Waals surface area contributed by atoms with E-state index in [2.05, 4.69) is 31.8 Å². The number of imidazole rings is 1. The lowest BCUT2D eigenvalue weighted by Gasteiger charge is -2.34. The second kappa shape index (κ2) is 7.55. The Hall–Kier alpha value is -1.95. The van der Waals surface area contributed by atoms with Gasteiger partial charge in [-0.2, -0.15) is 0 Å². The molecule has 0 bridgehead atoms. The molecule has 1 aliphatic rings. The quantitative estimate of drug-likeness (QED) is 0.856. The Labute approximate surface area is 137 Å². The number of rotatable bonds is 6. The largest absolute Gasteiger partial charge is 0.368 e. The molecular formula is C17H26N6. The van der Waals surface area contributed by atoms with Crippen molar-refractivity contribution in [2.24, 2.45) is 0 Å². The molecule has 23 heavy (non-hydrogen) atoms. The predicted molar refractivity (Wildman–Crippen MR) is 90.6 cm³/mol. The molecule has 1 atom stereocenters. The number of nitrogens with zero attached hydrogens (tertiary/aromatic N) is 4. The molecule has 2 aromatic heterocycles. The van der Waals surface area contributed by atoms with Gasteiger partial charge in [-0.1, -0.05) is 19.8 Å². The van der Waals surface area contributed by atoms with Crippen LogP contribution >= 0.6 is 0 Å². The maximum atomic E-state index is 5.76. The van der Waals surface area contributed by atoms with Crippen LogP contribution < -0.4 is 5.73 Å². The van der Waals surface area contributed by atoms with Gasteiger partial charge in [-0.3, -0.25) is 4.90 Å². The zero-order valence-corrected chi connectivity index (χ0v) is 13.8. The number of nitrogen functional groups attached to an aromatic ring is 1. The van der Waals surface area contributed by atoms with Crippen molar-refractivity contribution >= 4 is 5.95 Å². The molecule has 6 heteroatoms. The van der Waals surface area contributed by atoms with E-state index in [1.54, 1.807) is 6.20 Å². The fraction of sp³-hybridized carbons (Fsp3) is 0.588. The summed E-state index contributed by atoms with van der Waals surface area (Å²) >= 11 is 0. The Morgan fingerprint density at radius 3 is 3.09 bits per heavy atom. The van der Waals surface area contributed by atoms with Gasteiger partial charge in [-0.05, 0) is 31.9 Å². The number of anilines is 1. The third-order valence-electron chi connectivity index (χ3n) is 4.47. The van der Waals surface area contributed by atoms with Crippen LogP contribution in [0.5, 0.6) is 0 Å². The molecule has 0 unspecified atom stereocenters. The first-order valence-corrected chi connectivity index (χ1v) is 8.61. The molecule has 3 rings (SSSR count). The number of hydrogen-bond donors (Lipinski definition) is 2. The van der Waals surface area contributed by atoms with Crippen molar-refractivity contribution in [3.8, 4) is 0 Å². The minimum atomic E-state index is 0.316. The van der Waals surface area contributed by atoms with Crippen LogP contribution in [0.1, 0.15) is 62.3 Å². The Morgan fingerprint density at radius 1 is 1.35 bits per heavy atom. The van der Waals surface area contributed by atoms with Gasteiger partial charge in [0.2, 0.25) is 5.95 Å². The molecule has 0 radical (unpaired) electrons. The molecule has 0 aromatic carbocycles. The summed E-state index contributed by atoms with van der Waals surface area (Å²) < 4.78 is 0. The Kier molecular flexibility index (Phi) is 5.23. The number of aryl methyl sites for hydroxylation is 1. The predicted octanol–water partition coefficient (Wildman–Crippen LogP) is 2.85. The SMILES string of the molecule is CCCCc1ncc(CN2CCCC[C@H]2c2ccnc(N)n2)[nH]1. The van der Waals surface area contributed by atoms with E-state index < -0.39 is 0 Å². The molecule has 0 saturated carbocycles. The molecule has 1 fully saturated rings. The summed E-state index contributed by atoms with van der Waals surface area (Å²) in [6, 6.07) is 2.30. The standard InChI is InChI=1S/C17H26N6/c1-2-3-7-16-20-11-13(21-16)12-23-10-5-4-6-15(23)14-8-9-19-17(18)22-14/h8-9,11,15H,2-7,10,12H2,1H3,(H,20,21)(H2,18,19,22)/t15-/m0/s1. The molecule has 3 N–H and O–H groups in total. The van der Waals surface area contributed by atoms with E-state index >= 15 is 0 Å². The molecule has 0 aliphatic carbocycles. The average molecular weight is 314 g/mol. The minimum absolute atomic E-state index is 0.316. The summed E-state index contributed by atoms with van der Waals surface area (Å²) in [6.45, 7) is 4.17. The number of aromatic nitrogens is 4. The smallest absolute Gasteiger partial charge is 0.220 e. The van der Waals surface area contributed by atoms with Gasteiger partial charge >= 0.3 is 0 Å². The fourth-order valence-electron chi connectivity index (χ4n) is 3.27. The van der Waals surface area contributed by atoms with Crippen molar-refractivity contribution in [3.05, 3.63) is 35.7 Å². The molecule has 0 spiro atoms. The minimum Gasteiger partial charge on any atom is -0.368 e. The van der Waals surface area contributed by atoms with E-state index in [9.17, 15) is 0 Å². The van der Waals surface area contributed by atoms with Gasteiger partial charge < -0.3 is 10.7 Å². The summed E-state index contributed by atoms with van der Waals surface area (Å²) in [7, 11) is 0. The number of hydrogen-bond acceptors (Lipinski definition) is 5. The number of aromatic amines is 1. The van der Waals surface area contributed by atoms with Crippen molar-refractivity contribution < 1.29 is 0 Å². The van der Waals surface area contributed by atoms with Crippen LogP contribution in [0, 0.1) is 0 Å². The van der Waals surface area contributed by atoms with Crippen LogP contribution in [0.15, 0.2) is 18.5 Å². The van der Waals surface area contributed by atoms with E-state index in [1.807, 2.05) is 12.3 Å². The molecule has 1 aliphatic heterocycles. The van der Waals surface area contributed by atoms with Crippen molar-refractivity contribution in [2.75, 3.05) is 12.3 Å². The summed E-state index contributed by atoms with van der Waals surface area (Å²) in [4.78, 5) is 18.9. The van der Waals surface area contributed by atoms with Crippen molar-refractivity contribution in [1.82, 2.24) is 24.8 Å². The lowest BCUT2D eigenvalue weighted by molar-refractivity contribution is 0.135. The molecular weight excluding hydrogens is 288 g/mol. The average Bonchev–Trinajstić information content (AvgIpc) is 3.01. The maximum absolute atomic E-state index is 5.76. The third kappa shape index (κ3) is 4.07. The Morgan fingerprint density at radius 2 is 2.26 bits per heavy atom. The molecule has 124 valence electrons. The first kappa shape index (κ1) is 15.9. The molecule has 0 amide bonds. The zero-order chi connectivity index (χ0) is 16.1. The number of nitrogens with one attached hydrogen (secondary N) is 1. The second-order valence-electron chi connectivity index (χ2n) is 6.28. The highest BCUT2D eigenvalue weighted by molar-refractivity contribution is 5.20. The monoisotopic (exact) mass is 314 g/mol. The lowest BCUT2D eigenvalue weighted by Crippen LogP contribution is -2.33. The van der Waals surface area contributed by atoms with Gasteiger partial charge in [-0.25, -0.2) is 15.0 Å².